The lowest BCUT2D eigenvalue weighted by Gasteiger charge is -2.09. The average Bonchev–Trinajstić information content (AvgIpc) is 2.13. The molecule has 0 rings (SSSR count). The van der Waals surface area contributed by atoms with Gasteiger partial charge in [0.2, 0.25) is 0 Å². The topological polar surface area (TPSA) is 34.1 Å². The van der Waals surface area contributed by atoms with E-state index in [9.17, 15) is 8.42 Å². The minimum atomic E-state index is -2.77. The summed E-state index contributed by atoms with van der Waals surface area (Å²) in [5.41, 5.74) is 0. The Balaban J connectivity index is 3.75. The lowest BCUT2D eigenvalue weighted by molar-refractivity contribution is 0.535. The van der Waals surface area contributed by atoms with Crippen molar-refractivity contribution in [2.24, 2.45) is 5.92 Å². The molecule has 0 fully saturated rings. The lowest BCUT2D eigenvalue weighted by atomic mass is 10.1. The van der Waals surface area contributed by atoms with Gasteiger partial charge in [-0.05, 0) is 25.2 Å². The molecule has 0 saturated carbocycles. The number of rotatable bonds is 8. The summed E-state index contributed by atoms with van der Waals surface area (Å²) in [5, 5.41) is 0.961. The van der Waals surface area contributed by atoms with Crippen molar-refractivity contribution in [3.8, 4) is 0 Å². The van der Waals surface area contributed by atoms with Gasteiger partial charge in [-0.1, -0.05) is 36.2 Å². The number of unbranched alkanes of at least 4 members (excludes halogenated alkanes) is 1. The zero-order chi connectivity index (χ0) is 11.0. The third-order valence-corrected chi connectivity index (χ3v) is 4.56. The summed E-state index contributed by atoms with van der Waals surface area (Å²) in [6.07, 6.45) is 3.62. The summed E-state index contributed by atoms with van der Waals surface area (Å²) in [7, 11) is -2.77. The molecule has 0 aliphatic heterocycles. The Kier molecular flexibility index (Phi) is 7.92. The maximum atomic E-state index is 11.5. The van der Waals surface area contributed by atoms with Crippen LogP contribution in [0.2, 0.25) is 0 Å². The Morgan fingerprint density at radius 2 is 1.86 bits per heavy atom. The van der Waals surface area contributed by atoms with Crippen LogP contribution in [0, 0.1) is 5.92 Å². The van der Waals surface area contributed by atoms with E-state index in [-0.39, 0.29) is 0 Å². The van der Waals surface area contributed by atoms with Crippen molar-refractivity contribution in [1.29, 1.82) is 0 Å². The van der Waals surface area contributed by atoms with E-state index in [0.29, 0.717) is 17.4 Å². The van der Waals surface area contributed by atoms with Gasteiger partial charge in [0.15, 0.2) is 0 Å². The Labute approximate surface area is 96.5 Å². The molecule has 2 nitrogen and oxygen atoms in total. The predicted molar refractivity (Wildman–Crippen MR) is 65.8 cm³/mol. The van der Waals surface area contributed by atoms with Crippen LogP contribution in [-0.4, -0.2) is 25.3 Å². The largest absolute Gasteiger partial charge is 0.229 e. The van der Waals surface area contributed by atoms with Gasteiger partial charge in [0.25, 0.3) is 0 Å². The number of halogens is 1. The average molecular weight is 285 g/mol. The first-order valence-corrected chi connectivity index (χ1v) is 8.22. The van der Waals surface area contributed by atoms with Crippen molar-refractivity contribution in [1.82, 2.24) is 0 Å². The van der Waals surface area contributed by atoms with Crippen LogP contribution in [0.4, 0.5) is 0 Å². The molecule has 1 atom stereocenters. The highest BCUT2D eigenvalue weighted by Crippen LogP contribution is 2.11. The van der Waals surface area contributed by atoms with Gasteiger partial charge in [-0.3, -0.25) is 0 Å². The van der Waals surface area contributed by atoms with Gasteiger partial charge in [0.05, 0.1) is 11.5 Å². The molecule has 0 aromatic rings. The minimum Gasteiger partial charge on any atom is -0.229 e. The van der Waals surface area contributed by atoms with Crippen LogP contribution in [-0.2, 0) is 9.84 Å². The molecule has 4 heteroatoms. The Morgan fingerprint density at radius 3 is 2.36 bits per heavy atom. The van der Waals surface area contributed by atoms with Crippen molar-refractivity contribution in [2.45, 2.75) is 39.5 Å². The summed E-state index contributed by atoms with van der Waals surface area (Å²) in [4.78, 5) is 0. The molecular weight excluding hydrogens is 264 g/mol. The van der Waals surface area contributed by atoms with Gasteiger partial charge in [0, 0.05) is 5.33 Å². The van der Waals surface area contributed by atoms with Gasteiger partial charge >= 0.3 is 0 Å². The van der Waals surface area contributed by atoms with Gasteiger partial charge in [-0.15, -0.1) is 0 Å². The molecule has 0 aromatic carbocycles. The van der Waals surface area contributed by atoms with Gasteiger partial charge in [-0.2, -0.15) is 0 Å². The third kappa shape index (κ3) is 7.80. The van der Waals surface area contributed by atoms with Crippen molar-refractivity contribution >= 4 is 25.8 Å². The molecule has 0 bridgehead atoms. The van der Waals surface area contributed by atoms with Crippen molar-refractivity contribution in [3.05, 3.63) is 0 Å². The second kappa shape index (κ2) is 7.69. The Morgan fingerprint density at radius 1 is 1.21 bits per heavy atom. The van der Waals surface area contributed by atoms with Crippen LogP contribution in [0.15, 0.2) is 0 Å². The van der Waals surface area contributed by atoms with E-state index in [1.165, 1.54) is 0 Å². The highest BCUT2D eigenvalue weighted by molar-refractivity contribution is 9.09. The van der Waals surface area contributed by atoms with Crippen LogP contribution < -0.4 is 0 Å². The zero-order valence-corrected chi connectivity index (χ0v) is 11.5. The van der Waals surface area contributed by atoms with Crippen molar-refractivity contribution < 1.29 is 8.42 Å². The van der Waals surface area contributed by atoms with E-state index in [4.69, 9.17) is 0 Å². The van der Waals surface area contributed by atoms with Crippen molar-refractivity contribution in [3.63, 3.8) is 0 Å². The first-order chi connectivity index (χ1) is 6.52. The van der Waals surface area contributed by atoms with E-state index in [0.717, 1.165) is 31.0 Å². The molecule has 0 aliphatic carbocycles. The standard InChI is InChI=1S/C10H21BrO2S/c1-3-4-8-14(12,13)9-6-10(2)5-7-11/h10H,3-9H2,1-2H3. The molecule has 0 N–H and O–H groups in total. The molecule has 0 aromatic heterocycles. The first-order valence-electron chi connectivity index (χ1n) is 5.28. The molecule has 0 saturated heterocycles. The summed E-state index contributed by atoms with van der Waals surface area (Å²) in [6.45, 7) is 4.12. The highest BCUT2D eigenvalue weighted by atomic mass is 79.9. The first kappa shape index (κ1) is 14.4. The van der Waals surface area contributed by atoms with Gasteiger partial charge in [-0.25, -0.2) is 8.42 Å². The molecule has 86 valence electrons. The number of hydrogen-bond donors (Lipinski definition) is 0. The van der Waals surface area contributed by atoms with Crippen LogP contribution in [0.25, 0.3) is 0 Å². The number of hydrogen-bond acceptors (Lipinski definition) is 2. The van der Waals surface area contributed by atoms with Crippen molar-refractivity contribution in [2.75, 3.05) is 16.8 Å². The normalized spacial score (nSPS) is 14.2. The lowest BCUT2D eigenvalue weighted by Crippen LogP contribution is -2.13. The second-order valence-electron chi connectivity index (χ2n) is 3.88. The number of alkyl halides is 1. The highest BCUT2D eigenvalue weighted by Gasteiger charge is 2.12. The van der Waals surface area contributed by atoms with Crippen LogP contribution in [0.1, 0.15) is 39.5 Å². The summed E-state index contributed by atoms with van der Waals surface area (Å²) in [5.74, 6) is 1.23. The SMILES string of the molecule is CCCCS(=O)(=O)CCC(C)CCBr. The van der Waals surface area contributed by atoms with E-state index in [1.807, 2.05) is 6.92 Å². The van der Waals surface area contributed by atoms with E-state index >= 15 is 0 Å². The molecule has 0 radical (unpaired) electrons. The Bertz CT molecular complexity index is 224. The molecule has 0 heterocycles. The number of sulfone groups is 1. The monoisotopic (exact) mass is 284 g/mol. The summed E-state index contributed by atoms with van der Waals surface area (Å²) >= 11 is 3.36. The minimum absolute atomic E-state index is 0.362. The maximum Gasteiger partial charge on any atom is 0.150 e. The molecule has 0 spiro atoms. The second-order valence-corrected chi connectivity index (χ2v) is 6.97. The van der Waals surface area contributed by atoms with E-state index in [2.05, 4.69) is 22.9 Å². The molecule has 14 heavy (non-hydrogen) atoms. The van der Waals surface area contributed by atoms with Crippen LogP contribution in [0.3, 0.4) is 0 Å². The van der Waals surface area contributed by atoms with Gasteiger partial charge in [0.1, 0.15) is 9.84 Å². The molecule has 1 unspecified atom stereocenters. The van der Waals surface area contributed by atoms with Crippen LogP contribution in [0.5, 0.6) is 0 Å². The maximum absolute atomic E-state index is 11.5. The predicted octanol–water partition coefficient (Wildman–Crippen LogP) is 3.01. The quantitative estimate of drug-likeness (QED) is 0.642. The summed E-state index contributed by atoms with van der Waals surface area (Å²) < 4.78 is 23.0. The zero-order valence-electron chi connectivity index (χ0n) is 9.13. The third-order valence-electron chi connectivity index (χ3n) is 2.33. The fourth-order valence-electron chi connectivity index (χ4n) is 1.18. The smallest absolute Gasteiger partial charge is 0.150 e. The summed E-state index contributed by atoms with van der Waals surface area (Å²) in [6, 6.07) is 0. The fourth-order valence-corrected chi connectivity index (χ4v) is 3.65. The fraction of sp³-hybridized carbons (Fsp3) is 1.00. The van der Waals surface area contributed by atoms with Crippen LogP contribution >= 0.6 is 15.9 Å². The molecule has 0 amide bonds. The van der Waals surface area contributed by atoms with E-state index < -0.39 is 9.84 Å². The van der Waals surface area contributed by atoms with E-state index in [1.54, 1.807) is 0 Å². The molecular formula is C10H21BrO2S. The van der Waals surface area contributed by atoms with Gasteiger partial charge < -0.3 is 0 Å². The molecule has 0 aliphatic rings. The Hall–Kier alpha value is 0.430.